The Labute approximate surface area is 113 Å². The average molecular weight is 258 g/mol. The van der Waals surface area contributed by atoms with Crippen LogP contribution in [0.15, 0.2) is 30.3 Å². The summed E-state index contributed by atoms with van der Waals surface area (Å²) in [4.78, 5) is 14.0. The Morgan fingerprint density at radius 2 is 2.00 bits per heavy atom. The van der Waals surface area contributed by atoms with Crippen molar-refractivity contribution < 1.29 is 9.90 Å². The monoisotopic (exact) mass is 258 g/mol. The molecule has 1 aliphatic rings. The molecule has 100 valence electrons. The number of likely N-dealkylation sites (tertiary alicyclic amines) is 1. The number of hydrogen-bond acceptors (Lipinski definition) is 3. The molecule has 2 rings (SSSR count). The third-order valence-corrected chi connectivity index (χ3v) is 3.51. The van der Waals surface area contributed by atoms with Gasteiger partial charge in [0.25, 0.3) is 0 Å². The lowest BCUT2D eigenvalue weighted by Gasteiger charge is -2.31. The molecule has 1 aliphatic heterocycles. The average Bonchev–Trinajstić information content (AvgIpc) is 2.46. The Morgan fingerprint density at radius 3 is 2.58 bits per heavy atom. The number of aliphatic hydroxyl groups excluding tert-OH is 1. The highest BCUT2D eigenvalue weighted by molar-refractivity contribution is 5.81. The van der Waals surface area contributed by atoms with Gasteiger partial charge in [-0.2, -0.15) is 5.26 Å². The van der Waals surface area contributed by atoms with E-state index in [4.69, 9.17) is 0 Å². The van der Waals surface area contributed by atoms with E-state index in [1.807, 2.05) is 30.3 Å². The van der Waals surface area contributed by atoms with E-state index in [0.717, 1.165) is 5.56 Å². The van der Waals surface area contributed by atoms with Crippen molar-refractivity contribution in [2.45, 2.75) is 25.4 Å². The van der Waals surface area contributed by atoms with Gasteiger partial charge in [-0.05, 0) is 24.8 Å². The fraction of sp³-hybridized carbons (Fsp3) is 0.467. The van der Waals surface area contributed by atoms with Crippen LogP contribution in [0.4, 0.5) is 0 Å². The van der Waals surface area contributed by atoms with Crippen molar-refractivity contribution in [1.29, 1.82) is 5.26 Å². The number of aliphatic hydroxyl groups is 1. The zero-order chi connectivity index (χ0) is 13.7. The fourth-order valence-electron chi connectivity index (χ4n) is 2.34. The number of carbonyl (C=O) groups excluding carboxylic acids is 1. The molecule has 19 heavy (non-hydrogen) atoms. The van der Waals surface area contributed by atoms with Crippen LogP contribution in [0, 0.1) is 17.2 Å². The first-order valence-corrected chi connectivity index (χ1v) is 6.61. The van der Waals surface area contributed by atoms with Crippen LogP contribution >= 0.6 is 0 Å². The molecule has 4 nitrogen and oxygen atoms in total. The largest absolute Gasteiger partial charge is 0.393 e. The molecule has 4 heteroatoms. The maximum atomic E-state index is 12.3. The van der Waals surface area contributed by atoms with Gasteiger partial charge in [0, 0.05) is 13.1 Å². The molecular weight excluding hydrogens is 240 g/mol. The zero-order valence-electron chi connectivity index (χ0n) is 10.8. The van der Waals surface area contributed by atoms with E-state index in [2.05, 4.69) is 6.07 Å². The van der Waals surface area contributed by atoms with E-state index in [-0.39, 0.29) is 12.0 Å². The number of piperidine rings is 1. The van der Waals surface area contributed by atoms with Gasteiger partial charge < -0.3 is 10.0 Å². The highest BCUT2D eigenvalue weighted by Gasteiger charge is 2.27. The number of carbonyl (C=O) groups is 1. The number of amides is 1. The van der Waals surface area contributed by atoms with Crippen molar-refractivity contribution >= 4 is 5.91 Å². The minimum absolute atomic E-state index is 0.113. The molecule has 0 aliphatic carbocycles. The summed E-state index contributed by atoms with van der Waals surface area (Å²) in [7, 11) is 0. The summed E-state index contributed by atoms with van der Waals surface area (Å²) in [5, 5.41) is 18.6. The number of rotatable bonds is 3. The smallest absolute Gasteiger partial charge is 0.240 e. The van der Waals surface area contributed by atoms with Crippen LogP contribution in [0.1, 0.15) is 18.4 Å². The maximum absolute atomic E-state index is 12.3. The molecule has 1 heterocycles. The van der Waals surface area contributed by atoms with Gasteiger partial charge in [0.15, 0.2) is 0 Å². The van der Waals surface area contributed by atoms with E-state index in [1.165, 1.54) is 0 Å². The van der Waals surface area contributed by atoms with Gasteiger partial charge in [0.2, 0.25) is 5.91 Å². The molecule has 1 aromatic rings. The van der Waals surface area contributed by atoms with Gasteiger partial charge >= 0.3 is 0 Å². The molecule has 1 fully saturated rings. The second kappa shape index (κ2) is 6.35. The first-order valence-electron chi connectivity index (χ1n) is 6.61. The summed E-state index contributed by atoms with van der Waals surface area (Å²) in [6, 6.07) is 11.7. The Kier molecular flexibility index (Phi) is 4.53. The summed E-state index contributed by atoms with van der Waals surface area (Å²) in [5.74, 6) is -0.740. The van der Waals surface area contributed by atoms with Gasteiger partial charge in [0.05, 0.1) is 12.2 Å². The Balaban J connectivity index is 1.98. The number of hydrogen-bond donors (Lipinski definition) is 1. The van der Waals surface area contributed by atoms with Crippen molar-refractivity contribution in [3.63, 3.8) is 0 Å². The fourth-order valence-corrected chi connectivity index (χ4v) is 2.34. The van der Waals surface area contributed by atoms with Crippen molar-refractivity contribution in [2.24, 2.45) is 5.92 Å². The molecule has 0 radical (unpaired) electrons. The summed E-state index contributed by atoms with van der Waals surface area (Å²) < 4.78 is 0. The molecule has 0 bridgehead atoms. The minimum Gasteiger partial charge on any atom is -0.393 e. The first kappa shape index (κ1) is 13.6. The quantitative estimate of drug-likeness (QED) is 0.890. The highest BCUT2D eigenvalue weighted by Crippen LogP contribution is 2.16. The van der Waals surface area contributed by atoms with Crippen LogP contribution in [0.5, 0.6) is 0 Å². The van der Waals surface area contributed by atoms with Crippen molar-refractivity contribution in [3.05, 3.63) is 35.9 Å². The summed E-state index contributed by atoms with van der Waals surface area (Å²) in [5.41, 5.74) is 0.999. The van der Waals surface area contributed by atoms with E-state index >= 15 is 0 Å². The molecule has 0 aromatic heterocycles. The van der Waals surface area contributed by atoms with Crippen LogP contribution in [-0.2, 0) is 11.2 Å². The summed E-state index contributed by atoms with van der Waals surface area (Å²) in [6.07, 6.45) is 1.36. The molecule has 1 saturated heterocycles. The standard InChI is InChI=1S/C15H18N2O2/c16-11-13(10-12-4-2-1-3-5-12)15(19)17-8-6-14(18)7-9-17/h1-5,13-14,18H,6-10H2. The molecule has 1 N–H and O–H groups in total. The number of nitriles is 1. The van der Waals surface area contributed by atoms with E-state index in [0.29, 0.717) is 32.4 Å². The second-order valence-electron chi connectivity index (χ2n) is 4.93. The van der Waals surface area contributed by atoms with Crippen LogP contribution in [-0.4, -0.2) is 35.1 Å². The molecule has 0 spiro atoms. The minimum atomic E-state index is -0.627. The third kappa shape index (κ3) is 3.55. The van der Waals surface area contributed by atoms with Crippen LogP contribution in [0.3, 0.4) is 0 Å². The number of nitrogens with zero attached hydrogens (tertiary/aromatic N) is 2. The molecule has 1 amide bonds. The summed E-state index contributed by atoms with van der Waals surface area (Å²) >= 11 is 0. The Morgan fingerprint density at radius 1 is 1.37 bits per heavy atom. The first-order chi connectivity index (χ1) is 9.20. The maximum Gasteiger partial charge on any atom is 0.240 e. The normalized spacial score (nSPS) is 17.8. The van der Waals surface area contributed by atoms with Gasteiger partial charge in [0.1, 0.15) is 5.92 Å². The lowest BCUT2D eigenvalue weighted by atomic mass is 9.98. The topological polar surface area (TPSA) is 64.3 Å². The van der Waals surface area contributed by atoms with Gasteiger partial charge in [-0.15, -0.1) is 0 Å². The zero-order valence-corrected chi connectivity index (χ0v) is 10.8. The second-order valence-corrected chi connectivity index (χ2v) is 4.93. The molecule has 1 atom stereocenters. The lowest BCUT2D eigenvalue weighted by molar-refractivity contribution is -0.135. The van der Waals surface area contributed by atoms with E-state index in [9.17, 15) is 15.2 Å². The van der Waals surface area contributed by atoms with Gasteiger partial charge in [-0.3, -0.25) is 4.79 Å². The summed E-state index contributed by atoms with van der Waals surface area (Å²) in [6.45, 7) is 1.10. The van der Waals surface area contributed by atoms with Crippen molar-refractivity contribution in [1.82, 2.24) is 4.90 Å². The lowest BCUT2D eigenvalue weighted by Crippen LogP contribution is -2.43. The SMILES string of the molecule is N#CC(Cc1ccccc1)C(=O)N1CCC(O)CC1. The van der Waals surface area contributed by atoms with Gasteiger partial charge in [-0.1, -0.05) is 30.3 Å². The predicted molar refractivity (Wildman–Crippen MR) is 71.1 cm³/mol. The highest BCUT2D eigenvalue weighted by atomic mass is 16.3. The van der Waals surface area contributed by atoms with Gasteiger partial charge in [-0.25, -0.2) is 0 Å². The predicted octanol–water partition coefficient (Wildman–Crippen LogP) is 1.35. The molecule has 1 aromatic carbocycles. The third-order valence-electron chi connectivity index (χ3n) is 3.51. The van der Waals surface area contributed by atoms with Crippen LogP contribution < -0.4 is 0 Å². The Hall–Kier alpha value is -1.86. The molecular formula is C15H18N2O2. The van der Waals surface area contributed by atoms with Crippen molar-refractivity contribution in [3.8, 4) is 6.07 Å². The van der Waals surface area contributed by atoms with E-state index < -0.39 is 5.92 Å². The molecule has 0 saturated carbocycles. The number of benzene rings is 1. The van der Waals surface area contributed by atoms with Crippen LogP contribution in [0.2, 0.25) is 0 Å². The van der Waals surface area contributed by atoms with E-state index in [1.54, 1.807) is 4.90 Å². The Bertz CT molecular complexity index is 459. The van der Waals surface area contributed by atoms with Crippen molar-refractivity contribution in [2.75, 3.05) is 13.1 Å². The van der Waals surface area contributed by atoms with Crippen LogP contribution in [0.25, 0.3) is 0 Å². The molecule has 1 unspecified atom stereocenters.